The Morgan fingerprint density at radius 1 is 1.42 bits per heavy atom. The van der Waals surface area contributed by atoms with Crippen molar-refractivity contribution in [3.8, 4) is 0 Å². The van der Waals surface area contributed by atoms with E-state index in [9.17, 15) is 0 Å². The highest BCUT2D eigenvalue weighted by atomic mass is 35.5. The normalized spacial score (nSPS) is 19.7. The predicted molar refractivity (Wildman–Crippen MR) is 77.8 cm³/mol. The van der Waals surface area contributed by atoms with E-state index in [4.69, 9.17) is 16.3 Å². The zero-order chi connectivity index (χ0) is 13.9. The minimum Gasteiger partial charge on any atom is -0.381 e. The van der Waals surface area contributed by atoms with Crippen LogP contribution in [0.2, 0.25) is 5.15 Å². The van der Waals surface area contributed by atoms with Crippen molar-refractivity contribution in [3.05, 3.63) is 17.0 Å². The van der Waals surface area contributed by atoms with Gasteiger partial charge in [-0.1, -0.05) is 32.4 Å². The second kappa shape index (κ2) is 6.06. The molecule has 1 fully saturated rings. The minimum atomic E-state index is -0.0966. The van der Waals surface area contributed by atoms with E-state index in [1.54, 1.807) is 6.07 Å². The highest BCUT2D eigenvalue weighted by Crippen LogP contribution is 2.22. The number of rotatable bonds is 4. The zero-order valence-electron chi connectivity index (χ0n) is 11.9. The van der Waals surface area contributed by atoms with Crippen LogP contribution < -0.4 is 5.32 Å². The monoisotopic (exact) mass is 283 g/mol. The third-order valence-electron chi connectivity index (χ3n) is 3.25. The summed E-state index contributed by atoms with van der Waals surface area (Å²) in [5.41, 5.74) is -0.0966. The first kappa shape index (κ1) is 14.5. The zero-order valence-corrected chi connectivity index (χ0v) is 12.6. The number of aromatic nitrogens is 2. The maximum absolute atomic E-state index is 6.05. The van der Waals surface area contributed by atoms with Crippen LogP contribution in [-0.2, 0) is 10.2 Å². The molecule has 19 heavy (non-hydrogen) atoms. The third-order valence-corrected chi connectivity index (χ3v) is 3.44. The Morgan fingerprint density at radius 2 is 2.21 bits per heavy atom. The average Bonchev–Trinajstić information content (AvgIpc) is 2.80. The van der Waals surface area contributed by atoms with Crippen molar-refractivity contribution in [2.45, 2.75) is 39.0 Å². The number of ether oxygens (including phenoxy) is 1. The summed E-state index contributed by atoms with van der Waals surface area (Å²) in [7, 11) is 0. The molecular weight excluding hydrogens is 262 g/mol. The molecule has 1 N–H and O–H groups in total. The molecule has 0 aliphatic carbocycles. The summed E-state index contributed by atoms with van der Waals surface area (Å²) in [6.07, 6.45) is 2.27. The van der Waals surface area contributed by atoms with Crippen molar-refractivity contribution in [2.75, 3.05) is 25.1 Å². The molecule has 5 heteroatoms. The molecule has 4 nitrogen and oxygen atoms in total. The van der Waals surface area contributed by atoms with Crippen molar-refractivity contribution in [2.24, 2.45) is 5.92 Å². The largest absolute Gasteiger partial charge is 0.381 e. The molecule has 1 aliphatic rings. The molecular formula is C14H22ClN3O. The van der Waals surface area contributed by atoms with Gasteiger partial charge in [-0.25, -0.2) is 9.97 Å². The van der Waals surface area contributed by atoms with Crippen LogP contribution in [0.25, 0.3) is 0 Å². The summed E-state index contributed by atoms with van der Waals surface area (Å²) in [6, 6.07) is 1.78. The second-order valence-corrected chi connectivity index (χ2v) is 6.48. The molecule has 2 rings (SSSR count). The lowest BCUT2D eigenvalue weighted by Crippen LogP contribution is -2.18. The van der Waals surface area contributed by atoms with E-state index in [1.807, 2.05) is 0 Å². The summed E-state index contributed by atoms with van der Waals surface area (Å²) in [6.45, 7) is 8.93. The molecule has 1 aromatic rings. The first-order valence-electron chi connectivity index (χ1n) is 6.82. The molecule has 1 aromatic heterocycles. The number of anilines is 1. The van der Waals surface area contributed by atoms with Crippen molar-refractivity contribution in [1.82, 2.24) is 9.97 Å². The molecule has 106 valence electrons. The van der Waals surface area contributed by atoms with Crippen molar-refractivity contribution in [1.29, 1.82) is 0 Å². The Bertz CT molecular complexity index is 425. The molecule has 0 bridgehead atoms. The molecule has 0 saturated carbocycles. The van der Waals surface area contributed by atoms with Gasteiger partial charge in [0.05, 0.1) is 0 Å². The SMILES string of the molecule is CC(C)(C)c1nc(Cl)cc(NCCC2CCOC2)n1. The second-order valence-electron chi connectivity index (χ2n) is 6.09. The van der Waals surface area contributed by atoms with Crippen LogP contribution >= 0.6 is 11.6 Å². The maximum Gasteiger partial charge on any atom is 0.137 e. The molecule has 1 unspecified atom stereocenters. The van der Waals surface area contributed by atoms with Gasteiger partial charge in [0.25, 0.3) is 0 Å². The van der Waals surface area contributed by atoms with Crippen molar-refractivity contribution >= 4 is 17.4 Å². The summed E-state index contributed by atoms with van der Waals surface area (Å²) < 4.78 is 5.37. The van der Waals surface area contributed by atoms with Crippen LogP contribution in [0.1, 0.15) is 39.4 Å². The topological polar surface area (TPSA) is 47.0 Å². The smallest absolute Gasteiger partial charge is 0.137 e. The Morgan fingerprint density at radius 3 is 2.84 bits per heavy atom. The van der Waals surface area contributed by atoms with Crippen LogP contribution in [0.4, 0.5) is 5.82 Å². The average molecular weight is 284 g/mol. The standard InChI is InChI=1S/C14H22ClN3O/c1-14(2,3)13-17-11(15)8-12(18-13)16-6-4-10-5-7-19-9-10/h8,10H,4-7,9H2,1-3H3,(H,16,17,18). The number of nitrogens with one attached hydrogen (secondary N) is 1. The van der Waals surface area contributed by atoms with Gasteiger partial charge in [0.2, 0.25) is 0 Å². The Labute approximate surface area is 119 Å². The molecule has 1 aliphatic heterocycles. The molecule has 0 radical (unpaired) electrons. The number of hydrogen-bond donors (Lipinski definition) is 1. The molecule has 1 atom stereocenters. The summed E-state index contributed by atoms with van der Waals surface area (Å²) >= 11 is 6.05. The summed E-state index contributed by atoms with van der Waals surface area (Å²) in [5, 5.41) is 3.83. The van der Waals surface area contributed by atoms with Crippen LogP contribution in [0.3, 0.4) is 0 Å². The predicted octanol–water partition coefficient (Wildman–Crippen LogP) is 3.27. The quantitative estimate of drug-likeness (QED) is 0.862. The summed E-state index contributed by atoms with van der Waals surface area (Å²) in [4.78, 5) is 8.82. The molecule has 0 aromatic carbocycles. The van der Waals surface area contributed by atoms with Gasteiger partial charge in [-0.3, -0.25) is 0 Å². The Kier molecular flexibility index (Phi) is 4.63. The fourth-order valence-electron chi connectivity index (χ4n) is 2.06. The lowest BCUT2D eigenvalue weighted by molar-refractivity contribution is 0.185. The van der Waals surface area contributed by atoms with Crippen LogP contribution in [0.15, 0.2) is 6.07 Å². The summed E-state index contributed by atoms with van der Waals surface area (Å²) in [5.74, 6) is 2.25. The van der Waals surface area contributed by atoms with Crippen molar-refractivity contribution < 1.29 is 4.74 Å². The Hall–Kier alpha value is -0.870. The fourth-order valence-corrected chi connectivity index (χ4v) is 2.24. The van der Waals surface area contributed by atoms with Gasteiger partial charge in [0, 0.05) is 31.2 Å². The van der Waals surface area contributed by atoms with Gasteiger partial charge in [-0.2, -0.15) is 0 Å². The third kappa shape index (κ3) is 4.32. The first-order valence-corrected chi connectivity index (χ1v) is 7.19. The van der Waals surface area contributed by atoms with E-state index in [1.165, 1.54) is 6.42 Å². The van der Waals surface area contributed by atoms with Crippen molar-refractivity contribution in [3.63, 3.8) is 0 Å². The molecule has 0 amide bonds. The fraction of sp³-hybridized carbons (Fsp3) is 0.714. The number of halogens is 1. The van der Waals surface area contributed by atoms with E-state index in [2.05, 4.69) is 36.1 Å². The van der Waals surface area contributed by atoms with E-state index < -0.39 is 0 Å². The lowest BCUT2D eigenvalue weighted by Gasteiger charge is -2.18. The maximum atomic E-state index is 6.05. The Balaban J connectivity index is 1.94. The number of nitrogens with zero attached hydrogens (tertiary/aromatic N) is 2. The van der Waals surface area contributed by atoms with E-state index in [0.29, 0.717) is 11.1 Å². The van der Waals surface area contributed by atoms with E-state index >= 15 is 0 Å². The van der Waals surface area contributed by atoms with Gasteiger partial charge in [0.15, 0.2) is 0 Å². The molecule has 2 heterocycles. The molecule has 1 saturated heterocycles. The molecule has 0 spiro atoms. The van der Waals surface area contributed by atoms with Crippen LogP contribution in [-0.4, -0.2) is 29.7 Å². The van der Waals surface area contributed by atoms with Gasteiger partial charge in [0.1, 0.15) is 16.8 Å². The highest BCUT2D eigenvalue weighted by Gasteiger charge is 2.19. The van der Waals surface area contributed by atoms with Gasteiger partial charge in [-0.05, 0) is 18.8 Å². The van der Waals surface area contributed by atoms with E-state index in [-0.39, 0.29) is 5.41 Å². The first-order chi connectivity index (χ1) is 8.95. The van der Waals surface area contributed by atoms with Crippen LogP contribution in [0.5, 0.6) is 0 Å². The van der Waals surface area contributed by atoms with Gasteiger partial charge in [-0.15, -0.1) is 0 Å². The van der Waals surface area contributed by atoms with Gasteiger partial charge < -0.3 is 10.1 Å². The lowest BCUT2D eigenvalue weighted by atomic mass is 9.96. The van der Waals surface area contributed by atoms with Gasteiger partial charge >= 0.3 is 0 Å². The highest BCUT2D eigenvalue weighted by molar-refractivity contribution is 6.29. The number of hydrogen-bond acceptors (Lipinski definition) is 4. The van der Waals surface area contributed by atoms with E-state index in [0.717, 1.165) is 37.8 Å². The van der Waals surface area contributed by atoms with Crippen LogP contribution in [0, 0.1) is 5.92 Å². The minimum absolute atomic E-state index is 0.0966.